The molecule has 0 bridgehead atoms. The van der Waals surface area contributed by atoms with Crippen LogP contribution in [0.25, 0.3) is 5.69 Å². The lowest BCUT2D eigenvalue weighted by Crippen LogP contribution is -2.19. The van der Waals surface area contributed by atoms with Gasteiger partial charge in [-0.25, -0.2) is 4.79 Å². The quantitative estimate of drug-likeness (QED) is 0.624. The average Bonchev–Trinajstić information content (AvgIpc) is 3.11. The van der Waals surface area contributed by atoms with Crippen LogP contribution in [0.15, 0.2) is 41.7 Å². The Hall–Kier alpha value is -2.26. The van der Waals surface area contributed by atoms with Gasteiger partial charge < -0.3 is 0 Å². The summed E-state index contributed by atoms with van der Waals surface area (Å²) in [5.74, 6) is 0. The van der Waals surface area contributed by atoms with Gasteiger partial charge in [0.05, 0.1) is 23.6 Å². The Kier molecular flexibility index (Phi) is 2.97. The van der Waals surface area contributed by atoms with Crippen molar-refractivity contribution in [3.8, 4) is 5.69 Å². The Bertz CT molecular complexity index is 608. The van der Waals surface area contributed by atoms with Crippen LogP contribution in [-0.4, -0.2) is 21.1 Å². The molecule has 1 saturated carbocycles. The number of carbonyl (C=O) groups excluding carboxylic acids is 1. The highest BCUT2D eigenvalue weighted by molar-refractivity contribution is 5.42. The van der Waals surface area contributed by atoms with E-state index >= 15 is 0 Å². The minimum absolute atomic E-state index is 0.398. The second-order valence-corrected chi connectivity index (χ2v) is 4.81. The molecule has 1 aliphatic rings. The molecule has 0 spiro atoms. The van der Waals surface area contributed by atoms with E-state index in [0.717, 1.165) is 36.9 Å². The molecular formula is C14H14N4O. The Morgan fingerprint density at radius 2 is 1.95 bits per heavy atom. The smallest absolute Gasteiger partial charge is 0.211 e. The van der Waals surface area contributed by atoms with Crippen molar-refractivity contribution in [1.29, 1.82) is 0 Å². The fourth-order valence-corrected chi connectivity index (χ4v) is 2.78. The summed E-state index contributed by atoms with van der Waals surface area (Å²) in [5, 5.41) is 8.24. The molecule has 3 rings (SSSR count). The van der Waals surface area contributed by atoms with Gasteiger partial charge in [-0.05, 0) is 30.5 Å². The SMILES string of the molecule is O=C=NC1(c2cccc(-n3nccn3)c2)CCCC1. The molecule has 1 aromatic carbocycles. The van der Waals surface area contributed by atoms with Crippen LogP contribution in [-0.2, 0) is 10.3 Å². The number of aromatic nitrogens is 3. The lowest BCUT2D eigenvalue weighted by atomic mass is 9.89. The number of isocyanates is 1. The molecule has 0 amide bonds. The van der Waals surface area contributed by atoms with Crippen LogP contribution in [0.3, 0.4) is 0 Å². The predicted molar refractivity (Wildman–Crippen MR) is 69.6 cm³/mol. The molecule has 1 fully saturated rings. The summed E-state index contributed by atoms with van der Waals surface area (Å²) in [6, 6.07) is 7.91. The van der Waals surface area contributed by atoms with Crippen LogP contribution in [0.5, 0.6) is 0 Å². The molecule has 0 atom stereocenters. The molecule has 1 aromatic heterocycles. The fraction of sp³-hybridized carbons (Fsp3) is 0.357. The zero-order valence-corrected chi connectivity index (χ0v) is 10.5. The summed E-state index contributed by atoms with van der Waals surface area (Å²) in [6.45, 7) is 0. The zero-order valence-electron chi connectivity index (χ0n) is 10.5. The van der Waals surface area contributed by atoms with Crippen LogP contribution >= 0.6 is 0 Å². The number of benzene rings is 1. The Labute approximate surface area is 111 Å². The molecule has 0 radical (unpaired) electrons. The van der Waals surface area contributed by atoms with E-state index in [1.54, 1.807) is 23.3 Å². The monoisotopic (exact) mass is 254 g/mol. The van der Waals surface area contributed by atoms with Gasteiger partial charge in [0.15, 0.2) is 0 Å². The van der Waals surface area contributed by atoms with Crippen LogP contribution in [0.1, 0.15) is 31.2 Å². The zero-order chi connectivity index (χ0) is 13.1. The highest BCUT2D eigenvalue weighted by Crippen LogP contribution is 2.42. The number of rotatable bonds is 3. The van der Waals surface area contributed by atoms with Crippen molar-refractivity contribution < 1.29 is 4.79 Å². The molecule has 0 aliphatic heterocycles. The second kappa shape index (κ2) is 4.78. The normalized spacial score (nSPS) is 17.1. The maximum absolute atomic E-state index is 10.7. The molecule has 5 nitrogen and oxygen atoms in total. The minimum Gasteiger partial charge on any atom is -0.211 e. The first kappa shape index (κ1) is 11.8. The molecule has 0 N–H and O–H groups in total. The maximum Gasteiger partial charge on any atom is 0.235 e. The van der Waals surface area contributed by atoms with Gasteiger partial charge in [0, 0.05) is 0 Å². The number of hydrogen-bond donors (Lipinski definition) is 0. The van der Waals surface area contributed by atoms with Crippen LogP contribution in [0.4, 0.5) is 0 Å². The first-order valence-electron chi connectivity index (χ1n) is 6.40. The summed E-state index contributed by atoms with van der Waals surface area (Å²) in [4.78, 5) is 16.4. The van der Waals surface area contributed by atoms with Gasteiger partial charge >= 0.3 is 0 Å². The lowest BCUT2D eigenvalue weighted by Gasteiger charge is -2.23. The average molecular weight is 254 g/mol. The topological polar surface area (TPSA) is 60.1 Å². The molecule has 0 saturated heterocycles. The van der Waals surface area contributed by atoms with E-state index in [9.17, 15) is 4.79 Å². The summed E-state index contributed by atoms with van der Waals surface area (Å²) in [6.07, 6.45) is 9.01. The van der Waals surface area contributed by atoms with Crippen molar-refractivity contribution in [3.05, 3.63) is 42.2 Å². The third-order valence-electron chi connectivity index (χ3n) is 3.72. The Morgan fingerprint density at radius 1 is 1.21 bits per heavy atom. The van der Waals surface area contributed by atoms with E-state index in [1.807, 2.05) is 24.3 Å². The third kappa shape index (κ3) is 2.09. The molecule has 1 heterocycles. The molecule has 5 heteroatoms. The van der Waals surface area contributed by atoms with Crippen molar-refractivity contribution in [2.45, 2.75) is 31.2 Å². The van der Waals surface area contributed by atoms with Gasteiger partial charge in [0.25, 0.3) is 0 Å². The van der Waals surface area contributed by atoms with Gasteiger partial charge in [-0.15, -0.1) is 0 Å². The number of hydrogen-bond acceptors (Lipinski definition) is 4. The molecule has 2 aromatic rings. The van der Waals surface area contributed by atoms with E-state index in [1.165, 1.54) is 0 Å². The van der Waals surface area contributed by atoms with Crippen LogP contribution in [0.2, 0.25) is 0 Å². The highest BCUT2D eigenvalue weighted by Gasteiger charge is 2.35. The molecule has 19 heavy (non-hydrogen) atoms. The van der Waals surface area contributed by atoms with Crippen LogP contribution in [0, 0.1) is 0 Å². The van der Waals surface area contributed by atoms with Gasteiger partial charge in [0.1, 0.15) is 0 Å². The molecule has 1 aliphatic carbocycles. The molecule has 0 unspecified atom stereocenters. The second-order valence-electron chi connectivity index (χ2n) is 4.81. The van der Waals surface area contributed by atoms with E-state index in [2.05, 4.69) is 15.2 Å². The predicted octanol–water partition coefficient (Wildman–Crippen LogP) is 2.37. The van der Waals surface area contributed by atoms with Crippen molar-refractivity contribution in [1.82, 2.24) is 15.0 Å². The fourth-order valence-electron chi connectivity index (χ4n) is 2.78. The van der Waals surface area contributed by atoms with Crippen molar-refractivity contribution in [2.75, 3.05) is 0 Å². The minimum atomic E-state index is -0.398. The van der Waals surface area contributed by atoms with Gasteiger partial charge in [-0.3, -0.25) is 0 Å². The van der Waals surface area contributed by atoms with Gasteiger partial charge in [-0.1, -0.05) is 25.0 Å². The van der Waals surface area contributed by atoms with E-state index in [0.29, 0.717) is 0 Å². The van der Waals surface area contributed by atoms with E-state index < -0.39 is 5.54 Å². The third-order valence-corrected chi connectivity index (χ3v) is 3.72. The molecular weight excluding hydrogens is 240 g/mol. The standard InChI is InChI=1S/C14H14N4O/c19-11-15-14(6-1-2-7-14)12-4-3-5-13(10-12)18-16-8-9-17-18/h3-5,8-10H,1-2,6-7H2. The van der Waals surface area contributed by atoms with E-state index in [-0.39, 0.29) is 0 Å². The largest absolute Gasteiger partial charge is 0.235 e. The lowest BCUT2D eigenvalue weighted by molar-refractivity contribution is 0.455. The Balaban J connectivity index is 2.05. The first-order valence-corrected chi connectivity index (χ1v) is 6.40. The number of nitrogens with zero attached hydrogens (tertiary/aromatic N) is 4. The number of aliphatic imine (C=N–C) groups is 1. The Morgan fingerprint density at radius 3 is 2.63 bits per heavy atom. The van der Waals surface area contributed by atoms with Crippen molar-refractivity contribution in [3.63, 3.8) is 0 Å². The first-order chi connectivity index (χ1) is 9.34. The van der Waals surface area contributed by atoms with Gasteiger partial charge in [0.2, 0.25) is 6.08 Å². The molecule has 96 valence electrons. The van der Waals surface area contributed by atoms with Crippen molar-refractivity contribution in [2.24, 2.45) is 4.99 Å². The van der Waals surface area contributed by atoms with Crippen molar-refractivity contribution >= 4 is 6.08 Å². The maximum atomic E-state index is 10.7. The van der Waals surface area contributed by atoms with Crippen LogP contribution < -0.4 is 0 Å². The van der Waals surface area contributed by atoms with Gasteiger partial charge in [-0.2, -0.15) is 20.0 Å². The summed E-state index contributed by atoms with van der Waals surface area (Å²) >= 11 is 0. The summed E-state index contributed by atoms with van der Waals surface area (Å²) in [5.41, 5.74) is 1.53. The van der Waals surface area contributed by atoms with E-state index in [4.69, 9.17) is 0 Å². The summed E-state index contributed by atoms with van der Waals surface area (Å²) < 4.78 is 0. The summed E-state index contributed by atoms with van der Waals surface area (Å²) in [7, 11) is 0. The highest BCUT2D eigenvalue weighted by atomic mass is 16.1.